The van der Waals surface area contributed by atoms with Crippen LogP contribution in [-0.2, 0) is 0 Å². The van der Waals surface area contributed by atoms with E-state index in [4.69, 9.17) is 0 Å². The predicted molar refractivity (Wildman–Crippen MR) is 175 cm³/mol. The van der Waals surface area contributed by atoms with Gasteiger partial charge >= 0.3 is 0 Å². The predicted octanol–water partition coefficient (Wildman–Crippen LogP) is 9.08. The molecule has 0 aliphatic carbocycles. The SMILES string of the molecule is Cc1cccc(-c2ccc3c4ccccc4n(-c4cccc5c4C(=O)N(c4cccc(-c6ccccc6)c4)C5O)c3c2)c1. The number of fused-ring (bicyclic) bond motifs is 4. The van der Waals surface area contributed by atoms with Crippen molar-refractivity contribution in [2.45, 2.75) is 13.2 Å². The fraction of sp³-hybridized carbons (Fsp3) is 0.0513. The van der Waals surface area contributed by atoms with Gasteiger partial charge in [0.05, 0.1) is 22.3 Å². The summed E-state index contributed by atoms with van der Waals surface area (Å²) in [7, 11) is 0. The molecule has 7 aromatic rings. The number of hydrogen-bond donors (Lipinski definition) is 1. The van der Waals surface area contributed by atoms with Crippen LogP contribution in [0.1, 0.15) is 27.7 Å². The second-order valence-electron chi connectivity index (χ2n) is 11.2. The quantitative estimate of drug-likeness (QED) is 0.235. The summed E-state index contributed by atoms with van der Waals surface area (Å²) in [4.78, 5) is 15.8. The summed E-state index contributed by atoms with van der Waals surface area (Å²) in [6.07, 6.45) is -1.09. The molecule has 4 nitrogen and oxygen atoms in total. The lowest BCUT2D eigenvalue weighted by atomic mass is 10.0. The topological polar surface area (TPSA) is 45.5 Å². The van der Waals surface area contributed by atoms with Crippen molar-refractivity contribution >= 4 is 33.4 Å². The molecule has 1 unspecified atom stereocenters. The summed E-state index contributed by atoms with van der Waals surface area (Å²) in [6.45, 7) is 2.10. The van der Waals surface area contributed by atoms with E-state index in [0.717, 1.165) is 49.7 Å². The van der Waals surface area contributed by atoms with Gasteiger partial charge < -0.3 is 9.67 Å². The first-order chi connectivity index (χ1) is 21.1. The first-order valence-electron chi connectivity index (χ1n) is 14.5. The lowest BCUT2D eigenvalue weighted by Crippen LogP contribution is -2.27. The monoisotopic (exact) mass is 556 g/mol. The lowest BCUT2D eigenvalue weighted by molar-refractivity contribution is 0.0935. The zero-order chi connectivity index (χ0) is 29.1. The van der Waals surface area contributed by atoms with Crippen LogP contribution in [0.15, 0.2) is 140 Å². The summed E-state index contributed by atoms with van der Waals surface area (Å²) in [6, 6.07) is 47.0. The molecule has 2 heterocycles. The minimum atomic E-state index is -1.09. The molecule has 1 aromatic heterocycles. The highest BCUT2D eigenvalue weighted by atomic mass is 16.3. The molecule has 4 heteroatoms. The number of benzene rings is 6. The minimum absolute atomic E-state index is 0.218. The smallest absolute Gasteiger partial charge is 0.263 e. The molecule has 0 spiro atoms. The van der Waals surface area contributed by atoms with E-state index in [2.05, 4.69) is 66.1 Å². The highest BCUT2D eigenvalue weighted by Crippen LogP contribution is 2.42. The second-order valence-corrected chi connectivity index (χ2v) is 11.2. The Hall–Kier alpha value is -5.45. The third-order valence-corrected chi connectivity index (χ3v) is 8.53. The van der Waals surface area contributed by atoms with Crippen molar-refractivity contribution in [3.8, 4) is 27.9 Å². The van der Waals surface area contributed by atoms with Crippen LogP contribution in [0.25, 0.3) is 49.7 Å². The van der Waals surface area contributed by atoms with Crippen LogP contribution >= 0.6 is 0 Å². The van der Waals surface area contributed by atoms with Gasteiger partial charge in [-0.3, -0.25) is 9.69 Å². The Morgan fingerprint density at radius 1 is 0.581 bits per heavy atom. The molecule has 0 bridgehead atoms. The molecule has 1 atom stereocenters. The Morgan fingerprint density at radius 3 is 2.09 bits per heavy atom. The third-order valence-electron chi connectivity index (χ3n) is 8.53. The van der Waals surface area contributed by atoms with Gasteiger partial charge in [-0.25, -0.2) is 0 Å². The van der Waals surface area contributed by atoms with Gasteiger partial charge in [-0.15, -0.1) is 0 Å². The van der Waals surface area contributed by atoms with E-state index in [0.29, 0.717) is 16.8 Å². The van der Waals surface area contributed by atoms with Crippen molar-refractivity contribution in [3.05, 3.63) is 156 Å². The number of amides is 1. The van der Waals surface area contributed by atoms with E-state index in [1.54, 1.807) is 0 Å². The van der Waals surface area contributed by atoms with Crippen molar-refractivity contribution in [2.24, 2.45) is 0 Å². The van der Waals surface area contributed by atoms with Crippen molar-refractivity contribution < 1.29 is 9.90 Å². The zero-order valence-electron chi connectivity index (χ0n) is 23.6. The third kappa shape index (κ3) is 3.99. The van der Waals surface area contributed by atoms with E-state index in [1.807, 2.05) is 84.9 Å². The number of aliphatic hydroxyl groups excluding tert-OH is 1. The van der Waals surface area contributed by atoms with Gasteiger partial charge in [0.1, 0.15) is 0 Å². The second kappa shape index (κ2) is 9.83. The number of carbonyl (C=O) groups excluding carboxylic acids is 1. The molecule has 1 N–H and O–H groups in total. The summed E-state index contributed by atoms with van der Waals surface area (Å²) < 4.78 is 2.18. The maximum atomic E-state index is 14.3. The summed E-state index contributed by atoms with van der Waals surface area (Å²) in [5.41, 5.74) is 10.1. The Balaban J connectivity index is 1.31. The molecule has 1 aliphatic rings. The maximum absolute atomic E-state index is 14.3. The largest absolute Gasteiger partial charge is 0.369 e. The fourth-order valence-corrected chi connectivity index (χ4v) is 6.52. The van der Waals surface area contributed by atoms with Gasteiger partial charge in [-0.05, 0) is 59.5 Å². The number of nitrogens with zero attached hydrogens (tertiary/aromatic N) is 2. The molecule has 8 rings (SSSR count). The molecule has 0 fully saturated rings. The van der Waals surface area contributed by atoms with Crippen LogP contribution in [0.3, 0.4) is 0 Å². The Morgan fingerprint density at radius 2 is 1.26 bits per heavy atom. The number of para-hydroxylation sites is 1. The zero-order valence-corrected chi connectivity index (χ0v) is 23.6. The van der Waals surface area contributed by atoms with Gasteiger partial charge in [0, 0.05) is 22.0 Å². The van der Waals surface area contributed by atoms with Gasteiger partial charge in [-0.1, -0.05) is 115 Å². The van der Waals surface area contributed by atoms with Gasteiger partial charge in [0.15, 0.2) is 6.23 Å². The minimum Gasteiger partial charge on any atom is -0.369 e. The summed E-state index contributed by atoms with van der Waals surface area (Å²) >= 11 is 0. The van der Waals surface area contributed by atoms with Crippen molar-refractivity contribution in [1.82, 2.24) is 4.57 Å². The number of carbonyl (C=O) groups is 1. The molecule has 43 heavy (non-hydrogen) atoms. The highest BCUT2D eigenvalue weighted by molar-refractivity contribution is 6.16. The highest BCUT2D eigenvalue weighted by Gasteiger charge is 2.39. The molecular weight excluding hydrogens is 528 g/mol. The number of anilines is 1. The van der Waals surface area contributed by atoms with Crippen LogP contribution in [0.5, 0.6) is 0 Å². The number of aliphatic hydroxyl groups is 1. The van der Waals surface area contributed by atoms with Crippen molar-refractivity contribution in [1.29, 1.82) is 0 Å². The van der Waals surface area contributed by atoms with E-state index in [-0.39, 0.29) is 5.91 Å². The molecule has 206 valence electrons. The van der Waals surface area contributed by atoms with Gasteiger partial charge in [0.2, 0.25) is 0 Å². The Kier molecular flexibility index (Phi) is 5.78. The van der Waals surface area contributed by atoms with Crippen LogP contribution in [-0.4, -0.2) is 15.6 Å². The first kappa shape index (κ1) is 25.3. The van der Waals surface area contributed by atoms with Crippen LogP contribution in [0.4, 0.5) is 5.69 Å². The van der Waals surface area contributed by atoms with E-state index < -0.39 is 6.23 Å². The van der Waals surface area contributed by atoms with Gasteiger partial charge in [0.25, 0.3) is 5.91 Å². The molecular formula is C39H28N2O2. The van der Waals surface area contributed by atoms with Crippen molar-refractivity contribution in [2.75, 3.05) is 4.90 Å². The molecule has 1 amide bonds. The van der Waals surface area contributed by atoms with E-state index >= 15 is 0 Å². The molecule has 1 aliphatic heterocycles. The number of aryl methyl sites for hydroxylation is 1. The number of aromatic nitrogens is 1. The number of rotatable bonds is 4. The maximum Gasteiger partial charge on any atom is 0.263 e. The van der Waals surface area contributed by atoms with Crippen LogP contribution in [0.2, 0.25) is 0 Å². The van der Waals surface area contributed by atoms with E-state index in [9.17, 15) is 9.90 Å². The molecule has 6 aromatic carbocycles. The van der Waals surface area contributed by atoms with E-state index in [1.165, 1.54) is 10.5 Å². The Labute approximate surface area is 249 Å². The van der Waals surface area contributed by atoms with Crippen molar-refractivity contribution in [3.63, 3.8) is 0 Å². The first-order valence-corrected chi connectivity index (χ1v) is 14.5. The lowest BCUT2D eigenvalue weighted by Gasteiger charge is -2.21. The summed E-state index contributed by atoms with van der Waals surface area (Å²) in [5, 5.41) is 13.8. The van der Waals surface area contributed by atoms with Gasteiger partial charge in [-0.2, -0.15) is 0 Å². The molecule has 0 saturated carbocycles. The average Bonchev–Trinajstić information content (AvgIpc) is 3.52. The molecule has 0 saturated heterocycles. The normalized spacial score (nSPS) is 14.5. The fourth-order valence-electron chi connectivity index (χ4n) is 6.52. The standard InChI is InChI=1S/C39H28N2O2/c1-25-10-7-13-27(22-25)29-20-21-32-31-16-5-6-18-34(31)41(36(32)24-29)35-19-9-17-33-37(35)39(43)40(38(33)42)30-15-8-14-28(23-30)26-11-3-2-4-12-26/h2-24,38,42H,1H3. The summed E-state index contributed by atoms with van der Waals surface area (Å²) in [5.74, 6) is -0.218. The molecule has 0 radical (unpaired) electrons. The average molecular weight is 557 g/mol. The number of hydrogen-bond acceptors (Lipinski definition) is 2. The van der Waals surface area contributed by atoms with Crippen LogP contribution in [0, 0.1) is 6.92 Å². The van der Waals surface area contributed by atoms with Crippen LogP contribution < -0.4 is 4.90 Å². The Bertz CT molecular complexity index is 2200.